The molecule has 0 fully saturated rings. The van der Waals surface area contributed by atoms with E-state index in [-0.39, 0.29) is 0 Å². The van der Waals surface area contributed by atoms with Crippen molar-refractivity contribution in [2.24, 2.45) is 0 Å². The van der Waals surface area contributed by atoms with Crippen molar-refractivity contribution in [1.82, 2.24) is 9.88 Å². The Kier molecular flexibility index (Phi) is 6.14. The van der Waals surface area contributed by atoms with Crippen LogP contribution in [0, 0.1) is 0 Å². The topological polar surface area (TPSA) is 22.6 Å². The van der Waals surface area contributed by atoms with Gasteiger partial charge in [0.1, 0.15) is 0 Å². The Hall–Kier alpha value is -4.83. The maximum atomic E-state index is 4.72. The van der Waals surface area contributed by atoms with Crippen LogP contribution in [0.1, 0.15) is 0 Å². The zero-order chi connectivity index (χ0) is 25.0. The van der Waals surface area contributed by atoms with Crippen molar-refractivity contribution in [3.05, 3.63) is 140 Å². The molecular formula is C33H28N4. The molecule has 0 N–H and O–H groups in total. The van der Waals surface area contributed by atoms with E-state index in [9.17, 15) is 0 Å². The Balaban J connectivity index is 1.41. The van der Waals surface area contributed by atoms with E-state index in [1.807, 2.05) is 12.3 Å². The van der Waals surface area contributed by atoms with Crippen LogP contribution < -0.4 is 9.80 Å². The van der Waals surface area contributed by atoms with Crippen LogP contribution in [0.3, 0.4) is 0 Å². The highest BCUT2D eigenvalue weighted by atomic mass is 15.3. The lowest BCUT2D eigenvalue weighted by molar-refractivity contribution is 0.496. The van der Waals surface area contributed by atoms with Gasteiger partial charge in [0.25, 0.3) is 0 Å². The summed E-state index contributed by atoms with van der Waals surface area (Å²) in [7, 11) is 2.09. The smallest absolute Gasteiger partial charge is 0.0938 e. The first-order valence-corrected chi connectivity index (χ1v) is 12.5. The molecule has 4 heteroatoms. The fourth-order valence-corrected chi connectivity index (χ4v) is 4.73. The Morgan fingerprint density at radius 2 is 1.27 bits per heavy atom. The van der Waals surface area contributed by atoms with Gasteiger partial charge in [-0.05, 0) is 65.7 Å². The van der Waals surface area contributed by atoms with E-state index in [2.05, 4.69) is 149 Å². The number of benzene rings is 4. The number of hydrogen-bond donors (Lipinski definition) is 0. The van der Waals surface area contributed by atoms with Crippen LogP contribution in [0.5, 0.6) is 0 Å². The van der Waals surface area contributed by atoms with Crippen LogP contribution in [0.4, 0.5) is 22.7 Å². The second-order valence-electron chi connectivity index (χ2n) is 9.20. The summed E-state index contributed by atoms with van der Waals surface area (Å²) in [6, 6.07) is 42.5. The Morgan fingerprint density at radius 3 is 2.03 bits per heavy atom. The molecule has 0 unspecified atom stereocenters. The van der Waals surface area contributed by atoms with Gasteiger partial charge in [-0.25, -0.2) is 0 Å². The fourth-order valence-electron chi connectivity index (χ4n) is 4.73. The van der Waals surface area contributed by atoms with E-state index < -0.39 is 0 Å². The maximum absolute atomic E-state index is 4.72. The highest BCUT2D eigenvalue weighted by Crippen LogP contribution is 2.38. The first-order valence-electron chi connectivity index (χ1n) is 12.5. The Labute approximate surface area is 218 Å². The zero-order valence-electron chi connectivity index (χ0n) is 20.8. The molecule has 1 aliphatic heterocycles. The largest absolute Gasteiger partial charge is 0.361 e. The first-order chi connectivity index (χ1) is 18.2. The summed E-state index contributed by atoms with van der Waals surface area (Å²) in [5.74, 6) is 0. The second kappa shape index (κ2) is 10.0. The number of aromatic nitrogens is 1. The molecule has 0 aliphatic carbocycles. The van der Waals surface area contributed by atoms with Crippen LogP contribution >= 0.6 is 0 Å². The average Bonchev–Trinajstić information content (AvgIpc) is 3.41. The molecule has 6 rings (SSSR count). The summed E-state index contributed by atoms with van der Waals surface area (Å²) in [5.41, 5.74) is 8.84. The van der Waals surface area contributed by atoms with Crippen LogP contribution in [0.2, 0.25) is 0 Å². The summed E-state index contributed by atoms with van der Waals surface area (Å²) >= 11 is 0. The number of hydrogen-bond acceptors (Lipinski definition) is 4. The minimum Gasteiger partial charge on any atom is -0.361 e. The normalized spacial score (nSPS) is 12.7. The highest BCUT2D eigenvalue weighted by Gasteiger charge is 2.16. The van der Waals surface area contributed by atoms with Gasteiger partial charge in [0, 0.05) is 54.0 Å². The van der Waals surface area contributed by atoms with E-state index >= 15 is 0 Å². The van der Waals surface area contributed by atoms with Crippen LogP contribution in [0.25, 0.3) is 22.4 Å². The second-order valence-corrected chi connectivity index (χ2v) is 9.20. The standard InChI is InChI=1S/C33H28N4/c1-35-20-21-36(25-35)30-15-9-17-32(24-30)37(29-13-6-3-7-14-29)31-16-8-12-28(22-31)33-23-27(18-19-34-33)26-10-4-2-5-11-26/h2-24H,25H2,1H3. The minimum atomic E-state index is 0.841. The molecule has 180 valence electrons. The number of para-hydroxylation sites is 1. The first kappa shape index (κ1) is 22.6. The van der Waals surface area contributed by atoms with Gasteiger partial charge in [0.15, 0.2) is 0 Å². The van der Waals surface area contributed by atoms with Crippen molar-refractivity contribution >= 4 is 22.7 Å². The molecule has 5 aromatic rings. The number of pyridine rings is 1. The van der Waals surface area contributed by atoms with Gasteiger partial charge in [-0.2, -0.15) is 0 Å². The lowest BCUT2D eigenvalue weighted by Crippen LogP contribution is -2.21. The van der Waals surface area contributed by atoms with Crippen molar-refractivity contribution in [1.29, 1.82) is 0 Å². The SMILES string of the molecule is CN1C=CN(c2cccc(N(c3ccccc3)c3cccc(-c4cc(-c5ccccc5)ccn4)c3)c2)C1. The summed E-state index contributed by atoms with van der Waals surface area (Å²) < 4.78 is 0. The van der Waals surface area contributed by atoms with E-state index in [0.717, 1.165) is 46.2 Å². The van der Waals surface area contributed by atoms with Crippen molar-refractivity contribution in [2.45, 2.75) is 0 Å². The van der Waals surface area contributed by atoms with Crippen molar-refractivity contribution in [2.75, 3.05) is 23.5 Å². The molecule has 0 saturated heterocycles. The minimum absolute atomic E-state index is 0.841. The molecular weight excluding hydrogens is 452 g/mol. The predicted octanol–water partition coefficient (Wildman–Crippen LogP) is 8.07. The molecule has 4 nitrogen and oxygen atoms in total. The van der Waals surface area contributed by atoms with Gasteiger partial charge in [-0.3, -0.25) is 4.98 Å². The summed E-state index contributed by atoms with van der Waals surface area (Å²) in [5, 5.41) is 0. The average molecular weight is 481 g/mol. The van der Waals surface area contributed by atoms with Crippen LogP contribution in [-0.4, -0.2) is 23.6 Å². The van der Waals surface area contributed by atoms with Gasteiger partial charge >= 0.3 is 0 Å². The number of rotatable bonds is 6. The lowest BCUT2D eigenvalue weighted by atomic mass is 10.0. The third-order valence-electron chi connectivity index (χ3n) is 6.58. The molecule has 4 aromatic carbocycles. The lowest BCUT2D eigenvalue weighted by Gasteiger charge is -2.27. The molecule has 1 aliphatic rings. The quantitative estimate of drug-likeness (QED) is 0.245. The molecule has 2 heterocycles. The molecule has 37 heavy (non-hydrogen) atoms. The Bertz CT molecular complexity index is 1530. The van der Waals surface area contributed by atoms with E-state index in [0.29, 0.717) is 0 Å². The van der Waals surface area contributed by atoms with Gasteiger partial charge in [-0.1, -0.05) is 66.7 Å². The summed E-state index contributed by atoms with van der Waals surface area (Å²) in [6.45, 7) is 0.841. The van der Waals surface area contributed by atoms with Crippen LogP contribution in [-0.2, 0) is 0 Å². The van der Waals surface area contributed by atoms with E-state index in [4.69, 9.17) is 4.98 Å². The Morgan fingerprint density at radius 1 is 0.595 bits per heavy atom. The van der Waals surface area contributed by atoms with Crippen molar-refractivity contribution < 1.29 is 0 Å². The van der Waals surface area contributed by atoms with Gasteiger partial charge in [0.2, 0.25) is 0 Å². The van der Waals surface area contributed by atoms with Gasteiger partial charge < -0.3 is 14.7 Å². The molecule has 0 radical (unpaired) electrons. The third kappa shape index (κ3) is 4.82. The number of anilines is 4. The maximum Gasteiger partial charge on any atom is 0.0938 e. The van der Waals surface area contributed by atoms with Gasteiger partial charge in [-0.15, -0.1) is 0 Å². The molecule has 0 bridgehead atoms. The number of nitrogens with zero attached hydrogens (tertiary/aromatic N) is 4. The van der Waals surface area contributed by atoms with Crippen molar-refractivity contribution in [3.63, 3.8) is 0 Å². The summed E-state index contributed by atoms with van der Waals surface area (Å²) in [6.07, 6.45) is 6.11. The molecule has 0 amide bonds. The highest BCUT2D eigenvalue weighted by molar-refractivity contribution is 5.81. The van der Waals surface area contributed by atoms with Crippen LogP contribution in [0.15, 0.2) is 140 Å². The monoisotopic (exact) mass is 480 g/mol. The predicted molar refractivity (Wildman–Crippen MR) is 154 cm³/mol. The van der Waals surface area contributed by atoms with Crippen molar-refractivity contribution in [3.8, 4) is 22.4 Å². The molecule has 1 aromatic heterocycles. The van der Waals surface area contributed by atoms with E-state index in [1.54, 1.807) is 0 Å². The van der Waals surface area contributed by atoms with Gasteiger partial charge in [0.05, 0.1) is 12.4 Å². The van der Waals surface area contributed by atoms with E-state index in [1.165, 1.54) is 5.56 Å². The summed E-state index contributed by atoms with van der Waals surface area (Å²) in [4.78, 5) is 11.4. The molecule has 0 spiro atoms. The third-order valence-corrected chi connectivity index (χ3v) is 6.58. The zero-order valence-corrected chi connectivity index (χ0v) is 20.8. The molecule has 0 saturated carbocycles. The fraction of sp³-hybridized carbons (Fsp3) is 0.0606. The molecule has 0 atom stereocenters.